The van der Waals surface area contributed by atoms with E-state index in [2.05, 4.69) is 10.3 Å². The van der Waals surface area contributed by atoms with Crippen LogP contribution in [0.3, 0.4) is 0 Å². The van der Waals surface area contributed by atoms with Gasteiger partial charge in [-0.2, -0.15) is 0 Å². The number of aromatic nitrogens is 1. The Morgan fingerprint density at radius 2 is 2.10 bits per heavy atom. The molecule has 5 nitrogen and oxygen atoms in total. The molecule has 0 aromatic carbocycles. The van der Waals surface area contributed by atoms with Gasteiger partial charge in [0.1, 0.15) is 5.82 Å². The van der Waals surface area contributed by atoms with Crippen LogP contribution in [0.4, 0.5) is 5.82 Å². The predicted molar refractivity (Wildman–Crippen MR) is 84.6 cm³/mol. The van der Waals surface area contributed by atoms with E-state index >= 15 is 0 Å². The molecule has 1 aliphatic heterocycles. The van der Waals surface area contributed by atoms with E-state index in [4.69, 9.17) is 11.6 Å². The maximum atomic E-state index is 11.7. The summed E-state index contributed by atoms with van der Waals surface area (Å²) in [5.74, 6) is 1.30. The van der Waals surface area contributed by atoms with Gasteiger partial charge in [-0.1, -0.05) is 11.6 Å². The van der Waals surface area contributed by atoms with Gasteiger partial charge < -0.3 is 10.2 Å². The Morgan fingerprint density at radius 3 is 2.86 bits per heavy atom. The molecule has 2 aliphatic rings. The standard InChI is InChI=1S/C14H20ClN3O2S/c15-12-4-5-14(17-13(12)10-16-11-2-3-11)18-6-1-8-21(19,20)9-7-18/h4-5,11,16H,1-3,6-10H2. The van der Waals surface area contributed by atoms with Crippen molar-refractivity contribution in [2.24, 2.45) is 0 Å². The molecule has 1 N–H and O–H groups in total. The lowest BCUT2D eigenvalue weighted by molar-refractivity contribution is 0.597. The third-order valence-electron chi connectivity index (χ3n) is 3.92. The van der Waals surface area contributed by atoms with E-state index in [1.54, 1.807) is 0 Å². The Bertz CT molecular complexity index is 617. The highest BCUT2D eigenvalue weighted by Gasteiger charge is 2.22. The predicted octanol–water partition coefficient (Wildman–Crippen LogP) is 1.61. The highest BCUT2D eigenvalue weighted by Crippen LogP contribution is 2.23. The van der Waals surface area contributed by atoms with Gasteiger partial charge in [-0.3, -0.25) is 0 Å². The second kappa shape index (κ2) is 6.10. The second-order valence-corrected chi connectivity index (χ2v) is 8.46. The normalized spacial score (nSPS) is 22.0. The summed E-state index contributed by atoms with van der Waals surface area (Å²) >= 11 is 6.20. The number of hydrogen-bond acceptors (Lipinski definition) is 5. The molecule has 0 unspecified atom stereocenters. The van der Waals surface area contributed by atoms with Crippen molar-refractivity contribution in [1.29, 1.82) is 0 Å². The van der Waals surface area contributed by atoms with Crippen LogP contribution in [-0.4, -0.2) is 44.0 Å². The summed E-state index contributed by atoms with van der Waals surface area (Å²) < 4.78 is 23.3. The van der Waals surface area contributed by atoms with Crippen molar-refractivity contribution in [1.82, 2.24) is 10.3 Å². The molecule has 1 aromatic heterocycles. The van der Waals surface area contributed by atoms with Crippen LogP contribution in [0.2, 0.25) is 5.02 Å². The minimum atomic E-state index is -2.90. The Balaban J connectivity index is 1.73. The quantitative estimate of drug-likeness (QED) is 0.909. The Labute approximate surface area is 130 Å². The molecular formula is C14H20ClN3O2S. The van der Waals surface area contributed by atoms with Gasteiger partial charge in [0, 0.05) is 25.7 Å². The van der Waals surface area contributed by atoms with E-state index in [0.717, 1.165) is 18.1 Å². The van der Waals surface area contributed by atoms with Gasteiger partial charge in [0.2, 0.25) is 0 Å². The number of hydrogen-bond donors (Lipinski definition) is 1. The lowest BCUT2D eigenvalue weighted by atomic mass is 10.3. The van der Waals surface area contributed by atoms with Crippen LogP contribution in [0.25, 0.3) is 0 Å². The highest BCUT2D eigenvalue weighted by molar-refractivity contribution is 7.91. The molecule has 1 aliphatic carbocycles. The van der Waals surface area contributed by atoms with Gasteiger partial charge in [-0.25, -0.2) is 13.4 Å². The van der Waals surface area contributed by atoms with Gasteiger partial charge >= 0.3 is 0 Å². The van der Waals surface area contributed by atoms with Gasteiger partial charge in [0.05, 0.1) is 22.2 Å². The third-order valence-corrected chi connectivity index (χ3v) is 5.98. The molecule has 0 spiro atoms. The molecule has 2 fully saturated rings. The van der Waals surface area contributed by atoms with Crippen molar-refractivity contribution in [3.05, 3.63) is 22.8 Å². The molecule has 7 heteroatoms. The number of nitrogens with zero attached hydrogens (tertiary/aromatic N) is 2. The largest absolute Gasteiger partial charge is 0.356 e. The number of sulfone groups is 1. The summed E-state index contributed by atoms with van der Waals surface area (Å²) in [6.07, 6.45) is 3.10. The molecule has 1 saturated heterocycles. The first kappa shape index (κ1) is 15.1. The smallest absolute Gasteiger partial charge is 0.152 e. The first-order chi connectivity index (χ1) is 10.0. The lowest BCUT2D eigenvalue weighted by Crippen LogP contribution is -2.28. The molecule has 21 heavy (non-hydrogen) atoms. The molecule has 116 valence electrons. The molecule has 0 atom stereocenters. The molecular weight excluding hydrogens is 310 g/mol. The maximum Gasteiger partial charge on any atom is 0.152 e. The molecule has 2 heterocycles. The molecule has 0 bridgehead atoms. The van der Waals surface area contributed by atoms with E-state index in [-0.39, 0.29) is 11.5 Å². The van der Waals surface area contributed by atoms with Crippen molar-refractivity contribution in [3.63, 3.8) is 0 Å². The number of halogens is 1. The minimum Gasteiger partial charge on any atom is -0.356 e. The summed E-state index contributed by atoms with van der Waals surface area (Å²) in [4.78, 5) is 6.66. The molecule has 1 aromatic rings. The summed E-state index contributed by atoms with van der Waals surface area (Å²) in [6, 6.07) is 4.34. The fourth-order valence-corrected chi connectivity index (χ4v) is 3.91. The zero-order valence-corrected chi connectivity index (χ0v) is 13.5. The van der Waals surface area contributed by atoms with Crippen LogP contribution < -0.4 is 10.2 Å². The molecule has 0 radical (unpaired) electrons. The van der Waals surface area contributed by atoms with Crippen molar-refractivity contribution < 1.29 is 8.42 Å². The fourth-order valence-electron chi connectivity index (χ4n) is 2.47. The van der Waals surface area contributed by atoms with Crippen molar-refractivity contribution in [3.8, 4) is 0 Å². The van der Waals surface area contributed by atoms with E-state index < -0.39 is 9.84 Å². The molecule has 3 rings (SSSR count). The monoisotopic (exact) mass is 329 g/mol. The zero-order valence-electron chi connectivity index (χ0n) is 11.9. The zero-order chi connectivity index (χ0) is 14.9. The van der Waals surface area contributed by atoms with Crippen molar-refractivity contribution in [2.45, 2.75) is 31.8 Å². The number of anilines is 1. The molecule has 1 saturated carbocycles. The third kappa shape index (κ3) is 4.08. The van der Waals surface area contributed by atoms with Crippen LogP contribution in [0, 0.1) is 0 Å². The van der Waals surface area contributed by atoms with Crippen LogP contribution in [0.15, 0.2) is 12.1 Å². The highest BCUT2D eigenvalue weighted by atomic mass is 35.5. The van der Waals surface area contributed by atoms with E-state index in [1.165, 1.54) is 12.8 Å². The van der Waals surface area contributed by atoms with Gasteiger partial charge in [-0.05, 0) is 31.4 Å². The van der Waals surface area contributed by atoms with Crippen molar-refractivity contribution in [2.75, 3.05) is 29.5 Å². The van der Waals surface area contributed by atoms with E-state index in [1.807, 2.05) is 17.0 Å². The SMILES string of the molecule is O=S1(=O)CCCN(c2ccc(Cl)c(CNC3CC3)n2)CC1. The topological polar surface area (TPSA) is 62.3 Å². The number of pyridine rings is 1. The van der Waals surface area contributed by atoms with Crippen LogP contribution in [0.5, 0.6) is 0 Å². The second-order valence-electron chi connectivity index (χ2n) is 5.75. The summed E-state index contributed by atoms with van der Waals surface area (Å²) in [5.41, 5.74) is 0.841. The average molecular weight is 330 g/mol. The maximum absolute atomic E-state index is 11.7. The Kier molecular flexibility index (Phi) is 4.38. The van der Waals surface area contributed by atoms with Gasteiger partial charge in [0.25, 0.3) is 0 Å². The average Bonchev–Trinajstić information content (AvgIpc) is 3.26. The summed E-state index contributed by atoms with van der Waals surface area (Å²) in [6.45, 7) is 1.90. The van der Waals surface area contributed by atoms with Crippen LogP contribution in [-0.2, 0) is 16.4 Å². The first-order valence-corrected chi connectivity index (χ1v) is 9.58. The van der Waals surface area contributed by atoms with Crippen LogP contribution >= 0.6 is 11.6 Å². The Hall–Kier alpha value is -0.850. The molecule has 0 amide bonds. The van der Waals surface area contributed by atoms with Crippen molar-refractivity contribution >= 4 is 27.3 Å². The first-order valence-electron chi connectivity index (χ1n) is 7.38. The van der Waals surface area contributed by atoms with Crippen LogP contribution in [0.1, 0.15) is 25.0 Å². The summed E-state index contributed by atoms with van der Waals surface area (Å²) in [7, 11) is -2.90. The number of nitrogens with one attached hydrogen (secondary N) is 1. The van der Waals surface area contributed by atoms with Gasteiger partial charge in [0.15, 0.2) is 9.84 Å². The lowest BCUT2D eigenvalue weighted by Gasteiger charge is -2.21. The summed E-state index contributed by atoms with van der Waals surface area (Å²) in [5, 5.41) is 4.07. The van der Waals surface area contributed by atoms with Gasteiger partial charge in [-0.15, -0.1) is 0 Å². The minimum absolute atomic E-state index is 0.201. The van der Waals surface area contributed by atoms with E-state index in [9.17, 15) is 8.42 Å². The van der Waals surface area contributed by atoms with E-state index in [0.29, 0.717) is 30.6 Å². The fraction of sp³-hybridized carbons (Fsp3) is 0.643. The Morgan fingerprint density at radius 1 is 1.29 bits per heavy atom. The number of rotatable bonds is 4.